The SMILES string of the molecule is C=O.C=O.C=O.CCOP(=O)(CCN1CCNCCNCCNCC1)OCC.[Mo]. The van der Waals surface area contributed by atoms with Gasteiger partial charge in [-0.05, 0) is 13.8 Å². The molecule has 0 aromatic carbocycles. The van der Waals surface area contributed by atoms with Crippen molar-refractivity contribution in [3.63, 3.8) is 0 Å². The Morgan fingerprint density at radius 3 is 1.45 bits per heavy atom. The summed E-state index contributed by atoms with van der Waals surface area (Å²) in [6.07, 6.45) is 0.455. The van der Waals surface area contributed by atoms with Crippen LogP contribution in [0.2, 0.25) is 0 Å². The summed E-state index contributed by atoms with van der Waals surface area (Å²) in [6, 6.07) is 0. The normalized spacial score (nSPS) is 15.8. The summed E-state index contributed by atoms with van der Waals surface area (Å²) in [6.45, 7) is 19.0. The molecule has 0 unspecified atom stereocenters. The van der Waals surface area contributed by atoms with E-state index in [9.17, 15) is 4.57 Å². The van der Waals surface area contributed by atoms with Gasteiger partial charge in [0, 0.05) is 80.0 Å². The zero-order valence-electron chi connectivity index (χ0n) is 17.9. The first-order valence-electron chi connectivity index (χ1n) is 9.29. The Morgan fingerprint density at radius 2 is 1.10 bits per heavy atom. The molecule has 1 heterocycles. The van der Waals surface area contributed by atoms with Crippen molar-refractivity contribution in [1.82, 2.24) is 20.9 Å². The molecule has 12 heteroatoms. The van der Waals surface area contributed by atoms with Gasteiger partial charge >= 0.3 is 7.60 Å². The van der Waals surface area contributed by atoms with Crippen molar-refractivity contribution in [2.24, 2.45) is 0 Å². The summed E-state index contributed by atoms with van der Waals surface area (Å²) in [5.41, 5.74) is 0. The fourth-order valence-corrected chi connectivity index (χ4v) is 4.01. The Bertz CT molecular complexity index is 348. The summed E-state index contributed by atoms with van der Waals surface area (Å²) < 4.78 is 23.3. The van der Waals surface area contributed by atoms with Crippen LogP contribution in [0.25, 0.3) is 0 Å². The van der Waals surface area contributed by atoms with Crippen molar-refractivity contribution < 1.29 is 49.1 Å². The largest absolute Gasteiger partial charge is 0.331 e. The second-order valence-electron chi connectivity index (χ2n) is 5.26. The van der Waals surface area contributed by atoms with E-state index < -0.39 is 7.60 Å². The van der Waals surface area contributed by atoms with E-state index in [4.69, 9.17) is 23.4 Å². The molecule has 0 bridgehead atoms. The molecule has 1 rings (SSSR count). The Kier molecular flexibility index (Phi) is 37.2. The van der Waals surface area contributed by atoms with Crippen LogP contribution >= 0.6 is 7.60 Å². The van der Waals surface area contributed by atoms with Crippen LogP contribution in [0, 0.1) is 0 Å². The number of carbonyl (C=O) groups excluding carboxylic acids is 3. The van der Waals surface area contributed by atoms with E-state index >= 15 is 0 Å². The average molecular weight is 522 g/mol. The molecule has 0 aromatic heterocycles. The third-order valence-electron chi connectivity index (χ3n) is 3.51. The van der Waals surface area contributed by atoms with Crippen LogP contribution in [0.15, 0.2) is 0 Å². The maximum atomic E-state index is 12.5. The van der Waals surface area contributed by atoms with Crippen LogP contribution < -0.4 is 16.0 Å². The van der Waals surface area contributed by atoms with Crippen LogP contribution in [-0.2, 0) is 49.1 Å². The van der Waals surface area contributed by atoms with Gasteiger partial charge in [0.1, 0.15) is 20.4 Å². The van der Waals surface area contributed by atoms with Crippen LogP contribution in [-0.4, -0.2) is 104 Å². The predicted octanol–water partition coefficient (Wildman–Crippen LogP) is -0.220. The van der Waals surface area contributed by atoms with Crippen molar-refractivity contribution in [2.75, 3.05) is 78.3 Å². The summed E-state index contributed by atoms with van der Waals surface area (Å²) in [7, 11) is -2.94. The van der Waals surface area contributed by atoms with Crippen molar-refractivity contribution >= 4 is 28.0 Å². The number of nitrogens with one attached hydrogen (secondary N) is 3. The van der Waals surface area contributed by atoms with E-state index in [1.54, 1.807) is 0 Å². The number of hydrogen-bond acceptors (Lipinski definition) is 10. The Balaban J connectivity index is -0.000000407. The molecule has 10 nitrogen and oxygen atoms in total. The molecular formula is C17H39MoN4O6P. The topological polar surface area (TPSA) is 126 Å². The van der Waals surface area contributed by atoms with Gasteiger partial charge in [-0.3, -0.25) is 4.57 Å². The van der Waals surface area contributed by atoms with Crippen LogP contribution in [0.1, 0.15) is 13.8 Å². The van der Waals surface area contributed by atoms with Gasteiger partial charge < -0.3 is 44.3 Å². The molecule has 0 atom stereocenters. The fourth-order valence-electron chi connectivity index (χ4n) is 2.36. The molecule has 1 aliphatic heterocycles. The van der Waals surface area contributed by atoms with E-state index in [1.807, 2.05) is 34.2 Å². The van der Waals surface area contributed by atoms with Crippen molar-refractivity contribution in [3.05, 3.63) is 0 Å². The maximum Gasteiger partial charge on any atom is 0.331 e. The van der Waals surface area contributed by atoms with Crippen LogP contribution in [0.3, 0.4) is 0 Å². The van der Waals surface area contributed by atoms with Crippen molar-refractivity contribution in [3.8, 4) is 0 Å². The van der Waals surface area contributed by atoms with Crippen LogP contribution in [0.5, 0.6) is 0 Å². The summed E-state index contributed by atoms with van der Waals surface area (Å²) in [5.74, 6) is 0. The minimum Gasteiger partial charge on any atom is -0.314 e. The van der Waals surface area contributed by atoms with Gasteiger partial charge in [-0.15, -0.1) is 0 Å². The Morgan fingerprint density at radius 1 is 0.759 bits per heavy atom. The zero-order valence-corrected chi connectivity index (χ0v) is 20.8. The monoisotopic (exact) mass is 524 g/mol. The fraction of sp³-hybridized carbons (Fsp3) is 0.824. The van der Waals surface area contributed by atoms with Gasteiger partial charge in [0.2, 0.25) is 0 Å². The number of carbonyl (C=O) groups is 3. The molecule has 1 saturated heterocycles. The predicted molar refractivity (Wildman–Crippen MR) is 112 cm³/mol. The number of hydrogen-bond donors (Lipinski definition) is 3. The molecule has 0 spiro atoms. The molecular weight excluding hydrogens is 483 g/mol. The molecule has 0 saturated carbocycles. The molecule has 0 amide bonds. The number of nitrogens with zero attached hydrogens (tertiary/aromatic N) is 1. The molecule has 1 fully saturated rings. The van der Waals surface area contributed by atoms with E-state index in [1.165, 1.54) is 0 Å². The first kappa shape index (κ1) is 36.1. The van der Waals surface area contributed by atoms with Crippen LogP contribution in [0.4, 0.5) is 0 Å². The zero-order chi connectivity index (χ0) is 22.1. The smallest absolute Gasteiger partial charge is 0.314 e. The minimum absolute atomic E-state index is 0. The molecule has 1 aliphatic rings. The van der Waals surface area contributed by atoms with Gasteiger partial charge in [0.05, 0.1) is 19.4 Å². The maximum absolute atomic E-state index is 12.5. The van der Waals surface area contributed by atoms with E-state index in [-0.39, 0.29) is 21.1 Å². The third kappa shape index (κ3) is 23.8. The van der Waals surface area contributed by atoms with Gasteiger partial charge in [-0.2, -0.15) is 0 Å². The standard InChI is InChI=1S/C14H33N4O3P.3CH2O.Mo/c1-3-20-22(19,21-4-2)14-13-18-11-9-16-7-5-15-6-8-17-10-12-18;3*1-2;/h15-17H,3-14H2,1-2H3;3*1H2;. The number of rotatable bonds is 7. The quantitative estimate of drug-likeness (QED) is 0.305. The second kappa shape index (κ2) is 29.9. The molecule has 0 aromatic rings. The van der Waals surface area contributed by atoms with Gasteiger partial charge in [-0.25, -0.2) is 0 Å². The summed E-state index contributed by atoms with van der Waals surface area (Å²) in [5, 5.41) is 10.2. The first-order chi connectivity index (χ1) is 13.7. The Hall–Kier alpha value is -0.312. The molecule has 0 radical (unpaired) electrons. The van der Waals surface area contributed by atoms with Crippen molar-refractivity contribution in [1.29, 1.82) is 0 Å². The first-order valence-corrected chi connectivity index (χ1v) is 11.0. The third-order valence-corrected chi connectivity index (χ3v) is 5.56. The van der Waals surface area contributed by atoms with Crippen molar-refractivity contribution in [2.45, 2.75) is 13.8 Å². The van der Waals surface area contributed by atoms with Gasteiger partial charge in [0.25, 0.3) is 0 Å². The minimum atomic E-state index is -2.94. The van der Waals surface area contributed by atoms with Gasteiger partial charge in [0.15, 0.2) is 0 Å². The molecule has 0 aliphatic carbocycles. The van der Waals surface area contributed by atoms with E-state index in [0.29, 0.717) is 19.4 Å². The van der Waals surface area contributed by atoms with E-state index in [0.717, 1.165) is 58.9 Å². The summed E-state index contributed by atoms with van der Waals surface area (Å²) >= 11 is 0. The molecule has 174 valence electrons. The van der Waals surface area contributed by atoms with Gasteiger partial charge in [-0.1, -0.05) is 0 Å². The van der Waals surface area contributed by atoms with E-state index in [2.05, 4.69) is 20.9 Å². The summed E-state index contributed by atoms with van der Waals surface area (Å²) in [4.78, 5) is 26.3. The average Bonchev–Trinajstić information content (AvgIpc) is 2.72. The Labute approximate surface area is 190 Å². The second-order valence-corrected chi connectivity index (χ2v) is 7.45. The molecule has 29 heavy (non-hydrogen) atoms. The molecule has 3 N–H and O–H groups in total.